The van der Waals surface area contributed by atoms with Crippen molar-refractivity contribution >= 4 is 17.9 Å². The van der Waals surface area contributed by atoms with Crippen molar-refractivity contribution in [2.45, 2.75) is 25.5 Å². The Morgan fingerprint density at radius 1 is 1.21 bits per heavy atom. The Morgan fingerprint density at radius 2 is 2.04 bits per heavy atom. The smallest absolute Gasteiger partial charge is 0.326 e. The van der Waals surface area contributed by atoms with Gasteiger partial charge in [0.2, 0.25) is 0 Å². The number of hydrogen-bond acceptors (Lipinski definition) is 5. The van der Waals surface area contributed by atoms with Gasteiger partial charge >= 0.3 is 12.0 Å². The number of benzene rings is 2. The van der Waals surface area contributed by atoms with E-state index in [2.05, 4.69) is 5.32 Å². The third-order valence-corrected chi connectivity index (χ3v) is 5.03. The minimum Gasteiger partial charge on any atom is -0.493 e. The van der Waals surface area contributed by atoms with Gasteiger partial charge in [-0.15, -0.1) is 0 Å². The molecule has 1 N–H and O–H groups in total. The minimum atomic E-state index is -1.19. The zero-order valence-electron chi connectivity index (χ0n) is 15.4. The molecule has 0 radical (unpaired) electrons. The van der Waals surface area contributed by atoms with Crippen LogP contribution in [0.3, 0.4) is 0 Å². The van der Waals surface area contributed by atoms with Crippen molar-refractivity contribution in [3.8, 4) is 5.75 Å². The summed E-state index contributed by atoms with van der Waals surface area (Å²) in [4.78, 5) is 38.7. The third kappa shape index (κ3) is 3.09. The zero-order valence-corrected chi connectivity index (χ0v) is 15.4. The van der Waals surface area contributed by atoms with Gasteiger partial charge in [-0.3, -0.25) is 14.5 Å². The first-order chi connectivity index (χ1) is 13.5. The van der Waals surface area contributed by atoms with E-state index in [1.54, 1.807) is 24.3 Å². The predicted octanol–water partition coefficient (Wildman–Crippen LogP) is 2.27. The van der Waals surface area contributed by atoms with Crippen molar-refractivity contribution in [1.82, 2.24) is 10.2 Å². The Bertz CT molecular complexity index is 957. The lowest BCUT2D eigenvalue weighted by Gasteiger charge is -2.33. The number of carbonyl (C=O) groups is 3. The number of hydrogen-bond donors (Lipinski definition) is 1. The van der Waals surface area contributed by atoms with Crippen molar-refractivity contribution in [3.63, 3.8) is 0 Å². The lowest BCUT2D eigenvalue weighted by Crippen LogP contribution is -2.47. The molecule has 1 saturated heterocycles. The number of imide groups is 1. The normalized spacial score (nSPS) is 20.5. The van der Waals surface area contributed by atoms with Gasteiger partial charge in [-0.1, -0.05) is 48.0 Å². The number of ether oxygens (including phenoxy) is 2. The van der Waals surface area contributed by atoms with E-state index in [4.69, 9.17) is 9.47 Å². The first-order valence-electron chi connectivity index (χ1n) is 9.07. The summed E-state index contributed by atoms with van der Waals surface area (Å²) in [5, 5.41) is 2.76. The number of urea groups is 1. The first-order valence-corrected chi connectivity index (χ1v) is 9.07. The second-order valence-electron chi connectivity index (χ2n) is 6.97. The van der Waals surface area contributed by atoms with Crippen LogP contribution in [0.4, 0.5) is 4.79 Å². The lowest BCUT2D eigenvalue weighted by molar-refractivity contribution is -0.149. The summed E-state index contributed by atoms with van der Waals surface area (Å²) in [5.41, 5.74) is 1.32. The molecule has 1 atom stereocenters. The van der Waals surface area contributed by atoms with Crippen LogP contribution >= 0.6 is 0 Å². The van der Waals surface area contributed by atoms with E-state index in [9.17, 15) is 14.4 Å². The van der Waals surface area contributed by atoms with Gasteiger partial charge in [0, 0.05) is 12.0 Å². The Kier molecular flexibility index (Phi) is 4.50. The molecular formula is C21H20N2O5. The summed E-state index contributed by atoms with van der Waals surface area (Å²) in [6.07, 6.45) is 0.309. The summed E-state index contributed by atoms with van der Waals surface area (Å²) in [6, 6.07) is 14.1. The standard InChI is InChI=1S/C21H20N2O5/c1-14-5-4-6-15(11-14)13-28-18(24)12-23-19(25)21(22-20(23)26)9-10-27-17-8-3-2-7-16(17)21/h2-8,11H,9-10,12-13H2,1H3,(H,22,26)/t21-/m1/s1. The molecule has 1 fully saturated rings. The highest BCUT2D eigenvalue weighted by molar-refractivity contribution is 6.09. The highest BCUT2D eigenvalue weighted by Gasteiger charge is 2.55. The predicted molar refractivity (Wildman–Crippen MR) is 99.5 cm³/mol. The largest absolute Gasteiger partial charge is 0.493 e. The summed E-state index contributed by atoms with van der Waals surface area (Å²) >= 11 is 0. The molecule has 2 heterocycles. The molecule has 0 aliphatic carbocycles. The van der Waals surface area contributed by atoms with Gasteiger partial charge < -0.3 is 14.8 Å². The third-order valence-electron chi connectivity index (χ3n) is 5.03. The van der Waals surface area contributed by atoms with Crippen LogP contribution in [0.15, 0.2) is 48.5 Å². The molecule has 0 unspecified atom stereocenters. The molecular weight excluding hydrogens is 360 g/mol. The molecule has 0 saturated carbocycles. The molecule has 144 valence electrons. The number of aryl methyl sites for hydroxylation is 1. The molecule has 28 heavy (non-hydrogen) atoms. The van der Waals surface area contributed by atoms with Crippen molar-refractivity contribution in [3.05, 3.63) is 65.2 Å². The zero-order chi connectivity index (χ0) is 19.7. The average molecular weight is 380 g/mol. The number of esters is 1. The number of carbonyl (C=O) groups excluding carboxylic acids is 3. The van der Waals surface area contributed by atoms with Crippen molar-refractivity contribution in [1.29, 1.82) is 0 Å². The number of nitrogens with zero attached hydrogens (tertiary/aromatic N) is 1. The summed E-state index contributed by atoms with van der Waals surface area (Å²) in [7, 11) is 0. The molecule has 3 amide bonds. The van der Waals surface area contributed by atoms with E-state index in [1.165, 1.54) is 0 Å². The Labute approximate surface area is 162 Å². The minimum absolute atomic E-state index is 0.0893. The fraction of sp³-hybridized carbons (Fsp3) is 0.286. The first kappa shape index (κ1) is 18.0. The fourth-order valence-electron chi connectivity index (χ4n) is 3.66. The number of fused-ring (bicyclic) bond motifs is 2. The average Bonchev–Trinajstić information content (AvgIpc) is 2.92. The van der Waals surface area contributed by atoms with E-state index in [-0.39, 0.29) is 6.61 Å². The van der Waals surface area contributed by atoms with Gasteiger partial charge in [0.05, 0.1) is 6.61 Å². The van der Waals surface area contributed by atoms with Gasteiger partial charge in [-0.2, -0.15) is 0 Å². The molecule has 4 rings (SSSR count). The Morgan fingerprint density at radius 3 is 2.86 bits per heavy atom. The van der Waals surface area contributed by atoms with E-state index in [1.807, 2.05) is 31.2 Å². The molecule has 7 heteroatoms. The van der Waals surface area contributed by atoms with Gasteiger partial charge in [0.25, 0.3) is 5.91 Å². The summed E-state index contributed by atoms with van der Waals surface area (Å²) in [6.45, 7) is 1.91. The van der Waals surface area contributed by atoms with Gasteiger partial charge in [-0.05, 0) is 18.6 Å². The summed E-state index contributed by atoms with van der Waals surface area (Å²) in [5.74, 6) is -0.533. The molecule has 2 aliphatic rings. The molecule has 0 aromatic heterocycles. The monoisotopic (exact) mass is 380 g/mol. The van der Waals surface area contributed by atoms with Crippen LogP contribution in [0, 0.1) is 6.92 Å². The Hall–Kier alpha value is -3.35. The van der Waals surface area contributed by atoms with Crippen LogP contribution in [-0.4, -0.2) is 36.0 Å². The SMILES string of the molecule is Cc1cccc(COC(=O)CN2C(=O)N[C@@]3(CCOc4ccccc43)C2=O)c1. The van der Waals surface area contributed by atoms with E-state index >= 15 is 0 Å². The highest BCUT2D eigenvalue weighted by Crippen LogP contribution is 2.40. The van der Waals surface area contributed by atoms with E-state index < -0.39 is 30.0 Å². The molecule has 7 nitrogen and oxygen atoms in total. The van der Waals surface area contributed by atoms with E-state index in [0.29, 0.717) is 24.3 Å². The second-order valence-corrected chi connectivity index (χ2v) is 6.97. The van der Waals surface area contributed by atoms with Crippen molar-refractivity contribution in [2.75, 3.05) is 13.2 Å². The molecule has 2 aliphatic heterocycles. The number of amides is 3. The molecule has 2 aromatic carbocycles. The Balaban J connectivity index is 1.47. The van der Waals surface area contributed by atoms with Crippen LogP contribution in [0.2, 0.25) is 0 Å². The van der Waals surface area contributed by atoms with Crippen LogP contribution in [0.5, 0.6) is 5.75 Å². The lowest BCUT2D eigenvalue weighted by atomic mass is 9.84. The van der Waals surface area contributed by atoms with Crippen LogP contribution in [0.1, 0.15) is 23.1 Å². The maximum Gasteiger partial charge on any atom is 0.326 e. The van der Waals surface area contributed by atoms with Crippen molar-refractivity contribution in [2.24, 2.45) is 0 Å². The molecule has 1 spiro atoms. The maximum absolute atomic E-state index is 13.1. The maximum atomic E-state index is 13.1. The topological polar surface area (TPSA) is 84.9 Å². The van der Waals surface area contributed by atoms with E-state index in [0.717, 1.165) is 16.0 Å². The second kappa shape index (κ2) is 6.99. The van der Waals surface area contributed by atoms with Gasteiger partial charge in [0.15, 0.2) is 5.54 Å². The van der Waals surface area contributed by atoms with Gasteiger partial charge in [0.1, 0.15) is 18.9 Å². The molecule has 2 aromatic rings. The van der Waals surface area contributed by atoms with Crippen LogP contribution in [-0.2, 0) is 26.5 Å². The van der Waals surface area contributed by atoms with Crippen LogP contribution in [0.25, 0.3) is 0 Å². The number of rotatable bonds is 4. The van der Waals surface area contributed by atoms with Crippen LogP contribution < -0.4 is 10.1 Å². The fourth-order valence-corrected chi connectivity index (χ4v) is 3.66. The van der Waals surface area contributed by atoms with Gasteiger partial charge in [-0.25, -0.2) is 4.79 Å². The molecule has 0 bridgehead atoms. The summed E-state index contributed by atoms with van der Waals surface area (Å²) < 4.78 is 10.8. The number of nitrogens with one attached hydrogen (secondary N) is 1. The highest BCUT2D eigenvalue weighted by atomic mass is 16.5. The van der Waals surface area contributed by atoms with Crippen molar-refractivity contribution < 1.29 is 23.9 Å². The number of para-hydroxylation sites is 1. The quantitative estimate of drug-likeness (QED) is 0.650.